The first kappa shape index (κ1) is 20.4. The van der Waals surface area contributed by atoms with E-state index in [2.05, 4.69) is 60.3 Å². The summed E-state index contributed by atoms with van der Waals surface area (Å²) in [5, 5.41) is 9.00. The molecule has 1 atom stereocenters. The number of carbonyl (C=O) groups is 1. The van der Waals surface area contributed by atoms with Crippen LogP contribution in [0, 0.1) is 3.77 Å². The summed E-state index contributed by atoms with van der Waals surface area (Å²) in [6, 6.07) is 9.22. The lowest BCUT2D eigenvalue weighted by Crippen LogP contribution is -2.35. The zero-order valence-corrected chi connectivity index (χ0v) is 19.7. The first-order valence-corrected chi connectivity index (χ1v) is 11.3. The summed E-state index contributed by atoms with van der Waals surface area (Å²) < 4.78 is 13.5. The number of fused-ring (bicyclic) bond motifs is 3. The minimum Gasteiger partial charge on any atom is -0.448 e. The fraction of sp³-hybridized carbons (Fsp3) is 0.158. The van der Waals surface area contributed by atoms with Crippen molar-refractivity contribution in [1.29, 1.82) is 0 Å². The maximum Gasteiger partial charge on any atom is 0.247 e. The summed E-state index contributed by atoms with van der Waals surface area (Å²) in [5.74, 6) is 1.20. The van der Waals surface area contributed by atoms with Crippen LogP contribution < -0.4 is 9.64 Å². The smallest absolute Gasteiger partial charge is 0.247 e. The molecule has 10 heteroatoms. The van der Waals surface area contributed by atoms with Gasteiger partial charge in [0.1, 0.15) is 0 Å². The van der Waals surface area contributed by atoms with Gasteiger partial charge in [0.2, 0.25) is 23.2 Å². The fourth-order valence-electron chi connectivity index (χ4n) is 2.92. The fourth-order valence-corrected chi connectivity index (χ4v) is 4.15. The predicted molar refractivity (Wildman–Crippen MR) is 122 cm³/mol. The van der Waals surface area contributed by atoms with Gasteiger partial charge in [0.15, 0.2) is 15.2 Å². The van der Waals surface area contributed by atoms with E-state index in [1.54, 1.807) is 12.1 Å². The van der Waals surface area contributed by atoms with Crippen molar-refractivity contribution >= 4 is 61.9 Å². The summed E-state index contributed by atoms with van der Waals surface area (Å²) in [6.45, 7) is 5.19. The zero-order valence-electron chi connectivity index (χ0n) is 15.1. The third-order valence-electron chi connectivity index (χ3n) is 4.09. The van der Waals surface area contributed by atoms with Gasteiger partial charge in [-0.3, -0.25) is 9.69 Å². The third kappa shape index (κ3) is 3.92. The number of ether oxygens (including phenoxy) is 1. The van der Waals surface area contributed by atoms with Crippen LogP contribution in [0.3, 0.4) is 0 Å². The number of furan rings is 1. The molecule has 1 aromatic carbocycles. The number of thioether (sulfide) groups is 1. The van der Waals surface area contributed by atoms with Crippen molar-refractivity contribution in [3.8, 4) is 17.1 Å². The molecule has 0 spiro atoms. The summed E-state index contributed by atoms with van der Waals surface area (Å²) in [7, 11) is 0. The van der Waals surface area contributed by atoms with E-state index < -0.39 is 6.23 Å². The average Bonchev–Trinajstić information content (AvgIpc) is 2.96. The lowest BCUT2D eigenvalue weighted by molar-refractivity contribution is -0.118. The molecule has 1 unspecified atom stereocenters. The Morgan fingerprint density at radius 2 is 2.21 bits per heavy atom. The molecule has 3 heterocycles. The summed E-state index contributed by atoms with van der Waals surface area (Å²) >= 11 is 6.92. The molecule has 0 fully saturated rings. The van der Waals surface area contributed by atoms with Crippen molar-refractivity contribution in [2.45, 2.75) is 18.3 Å². The highest BCUT2D eigenvalue weighted by molar-refractivity contribution is 14.1. The van der Waals surface area contributed by atoms with Gasteiger partial charge >= 0.3 is 0 Å². The number of halogens is 2. The highest BCUT2D eigenvalue weighted by Gasteiger charge is 2.36. The Hall–Kier alpha value is -1.92. The Morgan fingerprint density at radius 1 is 1.41 bits per heavy atom. The normalized spacial score (nSPS) is 15.1. The number of hydrogen-bond donors (Lipinski definition) is 0. The van der Waals surface area contributed by atoms with E-state index in [1.807, 2.05) is 24.3 Å². The molecular weight excluding hydrogens is 571 g/mol. The second-order valence-corrected chi connectivity index (χ2v) is 8.82. The molecule has 0 bridgehead atoms. The van der Waals surface area contributed by atoms with Crippen molar-refractivity contribution in [2.75, 3.05) is 10.7 Å². The van der Waals surface area contributed by atoms with Gasteiger partial charge in [0, 0.05) is 46.9 Å². The number of carbonyl (C=O) groups excluding carboxylic acids is 1. The number of aromatic nitrogens is 3. The van der Waals surface area contributed by atoms with Gasteiger partial charge in [-0.1, -0.05) is 36.0 Å². The highest BCUT2D eigenvalue weighted by Crippen LogP contribution is 2.44. The van der Waals surface area contributed by atoms with Crippen LogP contribution in [0.1, 0.15) is 18.9 Å². The Kier molecular flexibility index (Phi) is 5.93. The monoisotopic (exact) mass is 584 g/mol. The lowest BCUT2D eigenvalue weighted by atomic mass is 10.1. The van der Waals surface area contributed by atoms with E-state index in [9.17, 15) is 4.79 Å². The molecule has 0 saturated heterocycles. The Morgan fingerprint density at radius 3 is 2.90 bits per heavy atom. The van der Waals surface area contributed by atoms with Gasteiger partial charge in [-0.2, -0.15) is 4.98 Å². The Labute approximate surface area is 193 Å². The molecule has 0 saturated carbocycles. The minimum atomic E-state index is -0.844. The van der Waals surface area contributed by atoms with E-state index in [0.717, 1.165) is 4.47 Å². The van der Waals surface area contributed by atoms with Crippen molar-refractivity contribution in [3.05, 3.63) is 57.0 Å². The van der Waals surface area contributed by atoms with E-state index in [0.29, 0.717) is 37.4 Å². The van der Waals surface area contributed by atoms with Gasteiger partial charge in [-0.05, 0) is 22.0 Å². The van der Waals surface area contributed by atoms with Crippen LogP contribution in [0.25, 0.3) is 11.3 Å². The maximum atomic E-state index is 12.7. The summed E-state index contributed by atoms with van der Waals surface area (Å²) in [4.78, 5) is 18.7. The highest BCUT2D eigenvalue weighted by atomic mass is 127. The predicted octanol–water partition coefficient (Wildman–Crippen LogP) is 5.22. The average molecular weight is 585 g/mol. The number of nitrogens with zero attached hydrogens (tertiary/aromatic N) is 4. The molecule has 1 aliphatic rings. The van der Waals surface area contributed by atoms with Crippen LogP contribution in [0.4, 0.5) is 5.69 Å². The van der Waals surface area contributed by atoms with Crippen LogP contribution >= 0.6 is 50.3 Å². The topological polar surface area (TPSA) is 81.3 Å². The van der Waals surface area contributed by atoms with Crippen molar-refractivity contribution < 1.29 is 13.9 Å². The van der Waals surface area contributed by atoms with Crippen molar-refractivity contribution in [1.82, 2.24) is 15.2 Å². The maximum absolute atomic E-state index is 12.7. The molecule has 0 aliphatic carbocycles. The Bertz CT molecular complexity index is 1090. The number of benzene rings is 1. The molecule has 0 radical (unpaired) electrons. The molecule has 3 aromatic rings. The molecule has 29 heavy (non-hydrogen) atoms. The number of rotatable bonds is 4. The molecule has 4 rings (SSSR count). The Balaban J connectivity index is 1.91. The molecule has 1 amide bonds. The van der Waals surface area contributed by atoms with Gasteiger partial charge in [-0.25, -0.2) is 0 Å². The molecule has 7 nitrogen and oxygen atoms in total. The lowest BCUT2D eigenvalue weighted by Gasteiger charge is -2.28. The summed E-state index contributed by atoms with van der Waals surface area (Å²) in [6.07, 6.45) is 0.919. The van der Waals surface area contributed by atoms with Gasteiger partial charge in [-0.15, -0.1) is 16.8 Å². The van der Waals surface area contributed by atoms with E-state index in [-0.39, 0.29) is 11.8 Å². The standard InChI is InChI=1S/C19H14BrIN4O3S/c1-3-8-29-19-22-17-15(23-24-19)11-6-4-5-7-13(11)25(10(2)26)18(28-17)14-9-12(20)16(21)27-14/h3-7,9,18H,1,8H2,2H3. The van der Waals surface area contributed by atoms with Crippen molar-refractivity contribution in [2.24, 2.45) is 0 Å². The second-order valence-electron chi connectivity index (χ2n) is 5.99. The SMILES string of the molecule is C=CCSc1nnc2c(n1)OC(c1cc(Br)c(I)o1)N(C(C)=O)c1ccccc1-2. The number of hydrogen-bond acceptors (Lipinski definition) is 7. The van der Waals surface area contributed by atoms with Gasteiger partial charge in [0.25, 0.3) is 0 Å². The summed E-state index contributed by atoms with van der Waals surface area (Å²) in [5.41, 5.74) is 1.83. The van der Waals surface area contributed by atoms with E-state index in [4.69, 9.17) is 9.15 Å². The minimum absolute atomic E-state index is 0.202. The van der Waals surface area contributed by atoms with Crippen LogP contribution in [0.15, 0.2) is 57.0 Å². The van der Waals surface area contributed by atoms with E-state index >= 15 is 0 Å². The largest absolute Gasteiger partial charge is 0.448 e. The molecular formula is C19H14BrIN4O3S. The van der Waals surface area contributed by atoms with Crippen molar-refractivity contribution in [3.63, 3.8) is 0 Å². The van der Waals surface area contributed by atoms with Crippen LogP contribution in [-0.2, 0) is 4.79 Å². The van der Waals surface area contributed by atoms with Crippen LogP contribution in [0.5, 0.6) is 5.88 Å². The first-order valence-electron chi connectivity index (χ1n) is 8.48. The molecule has 0 N–H and O–H groups in total. The number of anilines is 1. The van der Waals surface area contributed by atoms with Gasteiger partial charge < -0.3 is 9.15 Å². The van der Waals surface area contributed by atoms with Crippen LogP contribution in [0.2, 0.25) is 0 Å². The number of amides is 1. The van der Waals surface area contributed by atoms with E-state index in [1.165, 1.54) is 23.6 Å². The zero-order chi connectivity index (χ0) is 20.5. The second kappa shape index (κ2) is 8.44. The van der Waals surface area contributed by atoms with Crippen LogP contribution in [-0.4, -0.2) is 26.8 Å². The van der Waals surface area contributed by atoms with Gasteiger partial charge in [0.05, 0.1) is 10.2 Å². The third-order valence-corrected chi connectivity index (χ3v) is 7.05. The first-order chi connectivity index (χ1) is 14.0. The molecule has 2 aromatic heterocycles. The number of para-hydroxylation sites is 1. The molecule has 1 aliphatic heterocycles. The quantitative estimate of drug-likeness (QED) is 0.236. The molecule has 148 valence electrons.